The summed E-state index contributed by atoms with van der Waals surface area (Å²) in [6.07, 6.45) is 1.21. The number of benzene rings is 2. The van der Waals surface area contributed by atoms with Crippen LogP contribution in [0.25, 0.3) is 0 Å². The third-order valence-corrected chi connectivity index (χ3v) is 6.27. The molecule has 0 spiro atoms. The SMILES string of the molecule is CCC(C)NC(=O)C(C)N(Cc1cccc(OC)c1)C(=O)CCSc1ccc(C)cc1. The Kier molecular flexibility index (Phi) is 9.92. The molecule has 0 aliphatic carbocycles. The van der Waals surface area contributed by atoms with Gasteiger partial charge in [0, 0.05) is 29.7 Å². The second-order valence-electron chi connectivity index (χ2n) is 7.78. The van der Waals surface area contributed by atoms with Gasteiger partial charge in [-0.25, -0.2) is 0 Å². The lowest BCUT2D eigenvalue weighted by Crippen LogP contribution is -2.49. The van der Waals surface area contributed by atoms with Crippen LogP contribution in [0, 0.1) is 6.92 Å². The summed E-state index contributed by atoms with van der Waals surface area (Å²) in [5.74, 6) is 1.23. The van der Waals surface area contributed by atoms with Crippen molar-refractivity contribution in [3.63, 3.8) is 0 Å². The Morgan fingerprint density at radius 3 is 2.48 bits per heavy atom. The fourth-order valence-electron chi connectivity index (χ4n) is 3.05. The zero-order valence-electron chi connectivity index (χ0n) is 19.2. The van der Waals surface area contributed by atoms with Crippen LogP contribution < -0.4 is 10.1 Å². The number of carbonyl (C=O) groups excluding carboxylic acids is 2. The summed E-state index contributed by atoms with van der Waals surface area (Å²) in [6, 6.07) is 15.4. The van der Waals surface area contributed by atoms with Crippen molar-refractivity contribution in [3.8, 4) is 5.75 Å². The molecule has 5 nitrogen and oxygen atoms in total. The predicted molar refractivity (Wildman–Crippen MR) is 127 cm³/mol. The number of methoxy groups -OCH3 is 1. The number of thioether (sulfide) groups is 1. The van der Waals surface area contributed by atoms with Gasteiger partial charge in [-0.05, 0) is 57.0 Å². The minimum atomic E-state index is -0.558. The molecule has 0 heterocycles. The molecule has 0 saturated carbocycles. The van der Waals surface area contributed by atoms with Crippen molar-refractivity contribution in [2.24, 2.45) is 0 Å². The highest BCUT2D eigenvalue weighted by molar-refractivity contribution is 7.99. The first-order valence-electron chi connectivity index (χ1n) is 10.8. The summed E-state index contributed by atoms with van der Waals surface area (Å²) >= 11 is 1.65. The molecular weight excluding hydrogens is 408 g/mol. The van der Waals surface area contributed by atoms with Gasteiger partial charge in [-0.1, -0.05) is 36.8 Å². The molecule has 0 saturated heterocycles. The third kappa shape index (κ3) is 7.94. The number of hydrogen-bond donors (Lipinski definition) is 1. The Morgan fingerprint density at radius 2 is 1.84 bits per heavy atom. The number of carbonyl (C=O) groups is 2. The van der Waals surface area contributed by atoms with Crippen molar-refractivity contribution in [2.45, 2.75) is 64.1 Å². The van der Waals surface area contributed by atoms with E-state index in [0.29, 0.717) is 18.7 Å². The molecule has 2 rings (SSSR count). The largest absolute Gasteiger partial charge is 0.497 e. The fraction of sp³-hybridized carbons (Fsp3) is 0.440. The molecule has 0 radical (unpaired) electrons. The first-order chi connectivity index (χ1) is 14.8. The topological polar surface area (TPSA) is 58.6 Å². The van der Waals surface area contributed by atoms with Gasteiger partial charge in [0.2, 0.25) is 11.8 Å². The van der Waals surface area contributed by atoms with Crippen LogP contribution in [0.1, 0.15) is 44.7 Å². The van der Waals surface area contributed by atoms with Crippen LogP contribution in [0.15, 0.2) is 53.4 Å². The molecule has 2 aromatic carbocycles. The van der Waals surface area contributed by atoms with E-state index in [1.165, 1.54) is 5.56 Å². The lowest BCUT2D eigenvalue weighted by molar-refractivity contribution is -0.140. The van der Waals surface area contributed by atoms with Crippen molar-refractivity contribution in [2.75, 3.05) is 12.9 Å². The highest BCUT2D eigenvalue weighted by Gasteiger charge is 2.26. The van der Waals surface area contributed by atoms with Crippen LogP contribution in [0.2, 0.25) is 0 Å². The van der Waals surface area contributed by atoms with Crippen LogP contribution in [0.3, 0.4) is 0 Å². The van der Waals surface area contributed by atoms with E-state index < -0.39 is 6.04 Å². The molecule has 0 aromatic heterocycles. The van der Waals surface area contributed by atoms with Gasteiger partial charge in [0.25, 0.3) is 0 Å². The summed E-state index contributed by atoms with van der Waals surface area (Å²) in [7, 11) is 1.62. The zero-order chi connectivity index (χ0) is 22.8. The summed E-state index contributed by atoms with van der Waals surface area (Å²) in [5, 5.41) is 3.00. The monoisotopic (exact) mass is 442 g/mol. The van der Waals surface area contributed by atoms with Crippen LogP contribution in [0.5, 0.6) is 5.75 Å². The van der Waals surface area contributed by atoms with Gasteiger partial charge in [0.05, 0.1) is 7.11 Å². The number of hydrogen-bond acceptors (Lipinski definition) is 4. The molecule has 168 valence electrons. The minimum absolute atomic E-state index is 0.0331. The maximum atomic E-state index is 13.1. The molecule has 0 aliphatic heterocycles. The zero-order valence-corrected chi connectivity index (χ0v) is 20.0. The molecule has 0 bridgehead atoms. The number of nitrogens with one attached hydrogen (secondary N) is 1. The highest BCUT2D eigenvalue weighted by Crippen LogP contribution is 2.21. The Hall–Kier alpha value is -2.47. The van der Waals surface area contributed by atoms with Gasteiger partial charge in [-0.3, -0.25) is 9.59 Å². The summed E-state index contributed by atoms with van der Waals surface area (Å²) in [6.45, 7) is 8.21. The molecule has 6 heteroatoms. The van der Waals surface area contributed by atoms with Crippen molar-refractivity contribution in [1.29, 1.82) is 0 Å². The maximum Gasteiger partial charge on any atom is 0.242 e. The standard InChI is InChI=1S/C25H34N2O3S/c1-6-19(3)26-25(29)20(4)27(17-21-8-7-9-22(16-21)30-5)24(28)14-15-31-23-12-10-18(2)11-13-23/h7-13,16,19-20H,6,14-15,17H2,1-5H3,(H,26,29). The summed E-state index contributed by atoms with van der Waals surface area (Å²) < 4.78 is 5.31. The Balaban J connectivity index is 2.09. The molecule has 2 amide bonds. The number of amides is 2. The Bertz CT molecular complexity index is 854. The molecule has 31 heavy (non-hydrogen) atoms. The smallest absolute Gasteiger partial charge is 0.242 e. The van der Waals surface area contributed by atoms with Gasteiger partial charge < -0.3 is 15.0 Å². The average molecular weight is 443 g/mol. The lowest BCUT2D eigenvalue weighted by atomic mass is 10.1. The lowest BCUT2D eigenvalue weighted by Gasteiger charge is -2.30. The van der Waals surface area contributed by atoms with Gasteiger partial charge >= 0.3 is 0 Å². The Labute approximate surface area is 190 Å². The van der Waals surface area contributed by atoms with Crippen molar-refractivity contribution >= 4 is 23.6 Å². The highest BCUT2D eigenvalue weighted by atomic mass is 32.2. The van der Waals surface area contributed by atoms with E-state index in [1.807, 2.05) is 38.1 Å². The Morgan fingerprint density at radius 1 is 1.13 bits per heavy atom. The van der Waals surface area contributed by atoms with E-state index in [1.54, 1.807) is 30.7 Å². The van der Waals surface area contributed by atoms with Crippen LogP contribution >= 0.6 is 11.8 Å². The van der Waals surface area contributed by atoms with Gasteiger partial charge in [0.1, 0.15) is 11.8 Å². The molecule has 2 atom stereocenters. The number of ether oxygens (including phenoxy) is 1. The molecule has 2 aromatic rings. The van der Waals surface area contributed by atoms with Crippen LogP contribution in [-0.2, 0) is 16.1 Å². The van der Waals surface area contributed by atoms with Crippen LogP contribution in [0.4, 0.5) is 0 Å². The first-order valence-corrected chi connectivity index (χ1v) is 11.7. The van der Waals surface area contributed by atoms with E-state index in [4.69, 9.17) is 4.74 Å². The first kappa shape index (κ1) is 24.8. The third-order valence-electron chi connectivity index (χ3n) is 5.26. The molecular formula is C25H34N2O3S. The van der Waals surface area contributed by atoms with E-state index in [0.717, 1.165) is 22.6 Å². The normalized spacial score (nSPS) is 12.7. The minimum Gasteiger partial charge on any atom is -0.497 e. The van der Waals surface area contributed by atoms with Gasteiger partial charge in [-0.15, -0.1) is 11.8 Å². The van der Waals surface area contributed by atoms with Crippen molar-refractivity contribution in [3.05, 3.63) is 59.7 Å². The van der Waals surface area contributed by atoms with E-state index in [2.05, 4.69) is 36.5 Å². The summed E-state index contributed by atoms with van der Waals surface area (Å²) in [4.78, 5) is 28.7. The quantitative estimate of drug-likeness (QED) is 0.507. The second-order valence-corrected chi connectivity index (χ2v) is 8.95. The molecule has 1 N–H and O–H groups in total. The number of rotatable bonds is 11. The maximum absolute atomic E-state index is 13.1. The van der Waals surface area contributed by atoms with Gasteiger partial charge in [-0.2, -0.15) is 0 Å². The second kappa shape index (κ2) is 12.4. The van der Waals surface area contributed by atoms with Crippen molar-refractivity contribution < 1.29 is 14.3 Å². The molecule has 0 aliphatic rings. The number of nitrogens with zero attached hydrogens (tertiary/aromatic N) is 1. The summed E-state index contributed by atoms with van der Waals surface area (Å²) in [5.41, 5.74) is 2.15. The van der Waals surface area contributed by atoms with E-state index >= 15 is 0 Å². The van der Waals surface area contributed by atoms with Gasteiger partial charge in [0.15, 0.2) is 0 Å². The average Bonchev–Trinajstić information content (AvgIpc) is 2.78. The molecule has 0 fully saturated rings. The fourth-order valence-corrected chi connectivity index (χ4v) is 3.89. The van der Waals surface area contributed by atoms with E-state index in [9.17, 15) is 9.59 Å². The van der Waals surface area contributed by atoms with Crippen LogP contribution in [-0.4, -0.2) is 41.7 Å². The van der Waals surface area contributed by atoms with E-state index in [-0.39, 0.29) is 17.9 Å². The number of aryl methyl sites for hydroxylation is 1. The predicted octanol–water partition coefficient (Wildman–Crippen LogP) is 4.82. The van der Waals surface area contributed by atoms with Crippen molar-refractivity contribution in [1.82, 2.24) is 10.2 Å². The molecule has 2 unspecified atom stereocenters.